The first-order valence-corrected chi connectivity index (χ1v) is 18.7. The minimum absolute atomic E-state index is 0.246. The fourth-order valence-corrected chi connectivity index (χ4v) is 8.83. The Labute approximate surface area is 313 Å². The van der Waals surface area contributed by atoms with Gasteiger partial charge in [-0.15, -0.1) is 0 Å². The van der Waals surface area contributed by atoms with Crippen LogP contribution >= 0.6 is 0 Å². The van der Waals surface area contributed by atoms with Crippen molar-refractivity contribution in [2.45, 2.75) is 18.8 Å². The number of benzene rings is 7. The van der Waals surface area contributed by atoms with E-state index in [0.717, 1.165) is 77.4 Å². The number of rotatable bonds is 4. The smallest absolute Gasteiger partial charge is 0.143 e. The molecular weight excluding hydrogens is 657 g/mol. The maximum Gasteiger partial charge on any atom is 0.143 e. The molecule has 254 valence electrons. The molecule has 0 fully saturated rings. The molecule has 0 amide bonds. The molecule has 0 saturated carbocycles. The molecule has 3 nitrogen and oxygen atoms in total. The molecule has 7 aromatic carbocycles. The molecule has 0 bridgehead atoms. The first-order valence-electron chi connectivity index (χ1n) is 18.7. The molecule has 3 aromatic heterocycles. The van der Waals surface area contributed by atoms with Crippen LogP contribution < -0.4 is 0 Å². The van der Waals surface area contributed by atoms with E-state index in [0.29, 0.717) is 5.92 Å². The maximum absolute atomic E-state index is 6.81. The third kappa shape index (κ3) is 4.82. The Kier molecular flexibility index (Phi) is 6.90. The van der Waals surface area contributed by atoms with Gasteiger partial charge in [-0.05, 0) is 69.6 Å². The number of fused-ring (bicyclic) bond motifs is 10. The van der Waals surface area contributed by atoms with Crippen molar-refractivity contribution in [3.63, 3.8) is 0 Å². The Hall–Kier alpha value is -6.84. The summed E-state index contributed by atoms with van der Waals surface area (Å²) in [6.45, 7) is 2.36. The zero-order chi connectivity index (χ0) is 35.8. The van der Waals surface area contributed by atoms with E-state index in [1.54, 1.807) is 0 Å². The zero-order valence-corrected chi connectivity index (χ0v) is 29.7. The van der Waals surface area contributed by atoms with Crippen LogP contribution in [0.5, 0.6) is 0 Å². The predicted molar refractivity (Wildman–Crippen MR) is 223 cm³/mol. The molecule has 1 aliphatic rings. The summed E-state index contributed by atoms with van der Waals surface area (Å²) in [5.74, 6) is 0.589. The molecule has 0 aliphatic heterocycles. The molecule has 10 aromatic rings. The van der Waals surface area contributed by atoms with Crippen LogP contribution in [0.4, 0.5) is 0 Å². The molecule has 2 atom stereocenters. The Balaban J connectivity index is 1.02. The van der Waals surface area contributed by atoms with E-state index in [9.17, 15) is 0 Å². The average Bonchev–Trinajstić information content (AvgIpc) is 3.62. The average molecular weight is 691 g/mol. The highest BCUT2D eigenvalue weighted by Crippen LogP contribution is 2.53. The Morgan fingerprint density at radius 1 is 0.463 bits per heavy atom. The van der Waals surface area contributed by atoms with Crippen molar-refractivity contribution >= 4 is 43.7 Å². The van der Waals surface area contributed by atoms with Gasteiger partial charge in [0.25, 0.3) is 0 Å². The monoisotopic (exact) mass is 690 g/mol. The number of furan rings is 1. The number of aromatic nitrogens is 2. The Bertz CT molecular complexity index is 3070. The molecule has 0 saturated heterocycles. The normalized spacial score (nSPS) is 15.1. The van der Waals surface area contributed by atoms with Crippen molar-refractivity contribution < 1.29 is 4.42 Å². The minimum atomic E-state index is 0.246. The standard InChI is InChI=1S/C51H34N2O/c1-31-39-17-8-9-18-40(39)48-42(47(31)33-13-6-3-7-14-33)25-24-41-43-30-37(23-28-46(43)54-51(41)48)36-15-10-16-38(29-36)45-27-22-35-20-19-34-21-26-44(32-11-4-2-5-12-32)52-49(34)50(35)53-45/h2-31,47H,1H3. The molecule has 2 unspecified atom stereocenters. The highest BCUT2D eigenvalue weighted by Gasteiger charge is 2.34. The highest BCUT2D eigenvalue weighted by molar-refractivity contribution is 6.12. The Morgan fingerprint density at radius 2 is 1.09 bits per heavy atom. The fourth-order valence-electron chi connectivity index (χ4n) is 8.83. The second-order valence-electron chi connectivity index (χ2n) is 14.5. The highest BCUT2D eigenvalue weighted by atomic mass is 16.3. The van der Waals surface area contributed by atoms with Gasteiger partial charge < -0.3 is 4.42 Å². The van der Waals surface area contributed by atoms with Crippen LogP contribution in [0.3, 0.4) is 0 Å². The van der Waals surface area contributed by atoms with E-state index in [1.165, 1.54) is 27.8 Å². The predicted octanol–water partition coefficient (Wildman–Crippen LogP) is 13.6. The molecule has 1 aliphatic carbocycles. The second kappa shape index (κ2) is 12.1. The van der Waals surface area contributed by atoms with E-state index >= 15 is 0 Å². The lowest BCUT2D eigenvalue weighted by molar-refractivity contribution is 0.640. The molecule has 0 N–H and O–H groups in total. The molecule has 54 heavy (non-hydrogen) atoms. The lowest BCUT2D eigenvalue weighted by Gasteiger charge is -2.34. The van der Waals surface area contributed by atoms with E-state index < -0.39 is 0 Å². The van der Waals surface area contributed by atoms with Crippen LogP contribution in [0, 0.1) is 0 Å². The van der Waals surface area contributed by atoms with Gasteiger partial charge in [-0.2, -0.15) is 0 Å². The van der Waals surface area contributed by atoms with Crippen molar-refractivity contribution in [1.29, 1.82) is 0 Å². The molecule has 11 rings (SSSR count). The fraction of sp³-hybridized carbons (Fsp3) is 0.0588. The zero-order valence-electron chi connectivity index (χ0n) is 29.7. The molecule has 3 heterocycles. The summed E-state index contributed by atoms with van der Waals surface area (Å²) in [6.07, 6.45) is 0. The summed E-state index contributed by atoms with van der Waals surface area (Å²) < 4.78 is 6.81. The summed E-state index contributed by atoms with van der Waals surface area (Å²) in [5.41, 5.74) is 16.5. The van der Waals surface area contributed by atoms with Crippen LogP contribution in [0.25, 0.3) is 88.5 Å². The summed E-state index contributed by atoms with van der Waals surface area (Å²) in [7, 11) is 0. The lowest BCUT2D eigenvalue weighted by atomic mass is 9.69. The third-order valence-electron chi connectivity index (χ3n) is 11.5. The van der Waals surface area contributed by atoms with E-state index in [1.807, 2.05) is 18.2 Å². The van der Waals surface area contributed by atoms with Gasteiger partial charge in [0.05, 0.1) is 22.4 Å². The SMILES string of the molecule is CC1c2ccccc2-c2c(ccc3c2oc2ccc(-c4cccc(-c5ccc6ccc7ccc(-c8ccccc8)nc7c6n5)c4)cc23)C1c1ccccc1. The number of pyridine rings is 2. The lowest BCUT2D eigenvalue weighted by Crippen LogP contribution is -2.17. The van der Waals surface area contributed by atoms with Gasteiger partial charge in [-0.25, -0.2) is 9.97 Å². The summed E-state index contributed by atoms with van der Waals surface area (Å²) in [4.78, 5) is 10.4. The number of nitrogens with zero attached hydrogens (tertiary/aromatic N) is 2. The van der Waals surface area contributed by atoms with Crippen molar-refractivity contribution in [3.05, 3.63) is 193 Å². The van der Waals surface area contributed by atoms with Gasteiger partial charge in [0.2, 0.25) is 0 Å². The summed E-state index contributed by atoms with van der Waals surface area (Å²) in [6, 6.07) is 62.8. The van der Waals surface area contributed by atoms with Gasteiger partial charge >= 0.3 is 0 Å². The second-order valence-corrected chi connectivity index (χ2v) is 14.5. The topological polar surface area (TPSA) is 38.9 Å². The third-order valence-corrected chi connectivity index (χ3v) is 11.5. The number of hydrogen-bond acceptors (Lipinski definition) is 3. The summed E-state index contributed by atoms with van der Waals surface area (Å²) >= 11 is 0. The van der Waals surface area contributed by atoms with E-state index in [4.69, 9.17) is 14.4 Å². The van der Waals surface area contributed by atoms with Gasteiger partial charge in [0.15, 0.2) is 0 Å². The van der Waals surface area contributed by atoms with Crippen molar-refractivity contribution in [3.8, 4) is 44.8 Å². The van der Waals surface area contributed by atoms with E-state index in [-0.39, 0.29) is 5.92 Å². The minimum Gasteiger partial charge on any atom is -0.455 e. The Morgan fingerprint density at radius 3 is 1.87 bits per heavy atom. The molecular formula is C51H34N2O. The largest absolute Gasteiger partial charge is 0.455 e. The van der Waals surface area contributed by atoms with Crippen LogP contribution in [0.15, 0.2) is 180 Å². The first kappa shape index (κ1) is 30.8. The van der Waals surface area contributed by atoms with Gasteiger partial charge in [-0.3, -0.25) is 0 Å². The van der Waals surface area contributed by atoms with Crippen LogP contribution in [-0.2, 0) is 0 Å². The first-order chi connectivity index (χ1) is 26.7. The van der Waals surface area contributed by atoms with Crippen LogP contribution in [0.1, 0.15) is 35.4 Å². The van der Waals surface area contributed by atoms with Crippen molar-refractivity contribution in [2.24, 2.45) is 0 Å². The summed E-state index contributed by atoms with van der Waals surface area (Å²) in [5, 5.41) is 4.42. The maximum atomic E-state index is 6.81. The number of hydrogen-bond donors (Lipinski definition) is 0. The van der Waals surface area contributed by atoms with Gasteiger partial charge in [0.1, 0.15) is 11.2 Å². The van der Waals surface area contributed by atoms with Crippen LogP contribution in [-0.4, -0.2) is 9.97 Å². The van der Waals surface area contributed by atoms with Gasteiger partial charge in [0, 0.05) is 44.2 Å². The van der Waals surface area contributed by atoms with Gasteiger partial charge in [-0.1, -0.05) is 153 Å². The molecule has 0 radical (unpaired) electrons. The molecule has 3 heteroatoms. The quantitative estimate of drug-likeness (QED) is 0.173. The van der Waals surface area contributed by atoms with Crippen molar-refractivity contribution in [1.82, 2.24) is 9.97 Å². The van der Waals surface area contributed by atoms with E-state index in [2.05, 4.69) is 165 Å². The van der Waals surface area contributed by atoms with Crippen molar-refractivity contribution in [2.75, 3.05) is 0 Å². The molecule has 0 spiro atoms. The van der Waals surface area contributed by atoms with Crippen LogP contribution in [0.2, 0.25) is 0 Å².